The number of amides is 1. The minimum atomic E-state index is -0.583. The van der Waals surface area contributed by atoms with Crippen LogP contribution < -0.4 is 5.32 Å². The Morgan fingerprint density at radius 3 is 2.52 bits per heavy atom. The van der Waals surface area contributed by atoms with Gasteiger partial charge < -0.3 is 10.3 Å². The number of H-pyrrole nitrogens is 1. The zero-order valence-electron chi connectivity index (χ0n) is 11.8. The molecule has 2 rings (SSSR count). The number of hydrogen-bond acceptors (Lipinski definition) is 2. The summed E-state index contributed by atoms with van der Waals surface area (Å²) < 4.78 is 13.6. The van der Waals surface area contributed by atoms with Crippen molar-refractivity contribution in [2.24, 2.45) is 0 Å². The summed E-state index contributed by atoms with van der Waals surface area (Å²) >= 11 is 5.78. The SMILES string of the molecule is CC(=O)c1c(C)[nH]c(C(=O)Nc2cc(Cl)ccc2F)c1C. The van der Waals surface area contributed by atoms with Gasteiger partial charge in [0.25, 0.3) is 5.91 Å². The number of carbonyl (C=O) groups excluding carboxylic acids is 2. The van der Waals surface area contributed by atoms with E-state index < -0.39 is 11.7 Å². The fraction of sp³-hybridized carbons (Fsp3) is 0.200. The van der Waals surface area contributed by atoms with Gasteiger partial charge in [-0.15, -0.1) is 0 Å². The maximum Gasteiger partial charge on any atom is 0.272 e. The molecule has 0 aliphatic carbocycles. The average Bonchev–Trinajstić information content (AvgIpc) is 2.69. The highest BCUT2D eigenvalue weighted by atomic mass is 35.5. The molecule has 110 valence electrons. The van der Waals surface area contributed by atoms with Gasteiger partial charge in [0.05, 0.1) is 5.69 Å². The van der Waals surface area contributed by atoms with Crippen LogP contribution in [0, 0.1) is 19.7 Å². The van der Waals surface area contributed by atoms with Crippen LogP contribution in [0.15, 0.2) is 18.2 Å². The number of carbonyl (C=O) groups is 2. The van der Waals surface area contributed by atoms with Crippen LogP contribution in [0.5, 0.6) is 0 Å². The van der Waals surface area contributed by atoms with E-state index in [-0.39, 0.29) is 17.2 Å². The lowest BCUT2D eigenvalue weighted by molar-refractivity contribution is 0.101. The molecule has 6 heteroatoms. The first-order chi connectivity index (χ1) is 9.81. The van der Waals surface area contributed by atoms with Crippen molar-refractivity contribution in [2.75, 3.05) is 5.32 Å². The third kappa shape index (κ3) is 2.97. The van der Waals surface area contributed by atoms with Crippen molar-refractivity contribution in [1.82, 2.24) is 4.98 Å². The topological polar surface area (TPSA) is 62.0 Å². The molecule has 1 amide bonds. The number of aromatic amines is 1. The van der Waals surface area contributed by atoms with Crippen LogP contribution in [-0.2, 0) is 0 Å². The van der Waals surface area contributed by atoms with Gasteiger partial charge in [0.15, 0.2) is 5.78 Å². The molecule has 0 atom stereocenters. The summed E-state index contributed by atoms with van der Waals surface area (Å²) in [6, 6.07) is 3.89. The number of benzene rings is 1. The molecule has 1 aromatic heterocycles. The van der Waals surface area contributed by atoms with Crippen LogP contribution in [0.3, 0.4) is 0 Å². The Morgan fingerprint density at radius 2 is 1.95 bits per heavy atom. The summed E-state index contributed by atoms with van der Waals surface area (Å²) in [6.07, 6.45) is 0. The molecular formula is C15H14ClFN2O2. The molecule has 2 aromatic rings. The van der Waals surface area contributed by atoms with Crippen LogP contribution in [-0.4, -0.2) is 16.7 Å². The first-order valence-corrected chi connectivity index (χ1v) is 6.65. The second-order valence-electron chi connectivity index (χ2n) is 4.76. The van der Waals surface area contributed by atoms with Crippen molar-refractivity contribution in [3.05, 3.63) is 51.6 Å². The lowest BCUT2D eigenvalue weighted by atomic mass is 10.1. The Morgan fingerprint density at radius 1 is 1.29 bits per heavy atom. The second kappa shape index (κ2) is 5.69. The molecular weight excluding hydrogens is 295 g/mol. The number of ketones is 1. The minimum Gasteiger partial charge on any atom is -0.354 e. The zero-order chi connectivity index (χ0) is 15.7. The average molecular weight is 309 g/mol. The number of rotatable bonds is 3. The zero-order valence-corrected chi connectivity index (χ0v) is 12.6. The van der Waals surface area contributed by atoms with Crippen LogP contribution in [0.25, 0.3) is 0 Å². The Bertz CT molecular complexity index is 738. The van der Waals surface area contributed by atoms with E-state index in [4.69, 9.17) is 11.6 Å². The van der Waals surface area contributed by atoms with Gasteiger partial charge in [-0.05, 0) is 44.5 Å². The van der Waals surface area contributed by atoms with E-state index in [9.17, 15) is 14.0 Å². The predicted octanol–water partition coefficient (Wildman–Crippen LogP) is 3.88. The fourth-order valence-corrected chi connectivity index (χ4v) is 2.46. The number of halogens is 2. The van der Waals surface area contributed by atoms with Crippen molar-refractivity contribution in [1.29, 1.82) is 0 Å². The van der Waals surface area contributed by atoms with Gasteiger partial charge in [-0.25, -0.2) is 4.39 Å². The van der Waals surface area contributed by atoms with Gasteiger partial charge >= 0.3 is 0 Å². The summed E-state index contributed by atoms with van der Waals surface area (Å²) in [5.74, 6) is -1.24. The van der Waals surface area contributed by atoms with Gasteiger partial charge in [0.1, 0.15) is 11.5 Å². The van der Waals surface area contributed by atoms with Gasteiger partial charge in [-0.2, -0.15) is 0 Å². The molecule has 4 nitrogen and oxygen atoms in total. The van der Waals surface area contributed by atoms with E-state index in [0.717, 1.165) is 0 Å². The maximum atomic E-state index is 13.6. The largest absolute Gasteiger partial charge is 0.354 e. The first kappa shape index (κ1) is 15.3. The Hall–Kier alpha value is -2.14. The second-order valence-corrected chi connectivity index (χ2v) is 5.20. The van der Waals surface area contributed by atoms with Gasteiger partial charge in [-0.1, -0.05) is 11.6 Å². The molecule has 0 spiro atoms. The summed E-state index contributed by atoms with van der Waals surface area (Å²) in [5, 5.41) is 2.76. The molecule has 0 bridgehead atoms. The van der Waals surface area contributed by atoms with Crippen molar-refractivity contribution >= 4 is 29.0 Å². The summed E-state index contributed by atoms with van der Waals surface area (Å²) in [6.45, 7) is 4.81. The normalized spacial score (nSPS) is 10.5. The molecule has 2 N–H and O–H groups in total. The van der Waals surface area contributed by atoms with Crippen molar-refractivity contribution < 1.29 is 14.0 Å². The Balaban J connectivity index is 2.35. The predicted molar refractivity (Wildman–Crippen MR) is 79.6 cm³/mol. The molecule has 1 aromatic carbocycles. The van der Waals surface area contributed by atoms with E-state index in [1.165, 1.54) is 25.1 Å². The third-order valence-electron chi connectivity index (χ3n) is 3.19. The first-order valence-electron chi connectivity index (χ1n) is 6.27. The lowest BCUT2D eigenvalue weighted by Crippen LogP contribution is -2.15. The van der Waals surface area contributed by atoms with Crippen LogP contribution in [0.1, 0.15) is 39.0 Å². The van der Waals surface area contributed by atoms with E-state index in [1.807, 2.05) is 0 Å². The quantitative estimate of drug-likeness (QED) is 0.845. The molecule has 0 radical (unpaired) electrons. The summed E-state index contributed by atoms with van der Waals surface area (Å²) in [4.78, 5) is 26.6. The number of aromatic nitrogens is 1. The van der Waals surface area contributed by atoms with Crippen molar-refractivity contribution in [2.45, 2.75) is 20.8 Å². The molecule has 1 heterocycles. The molecule has 0 fully saturated rings. The summed E-state index contributed by atoms with van der Waals surface area (Å²) in [7, 11) is 0. The number of hydrogen-bond donors (Lipinski definition) is 2. The molecule has 0 saturated heterocycles. The molecule has 0 unspecified atom stereocenters. The van der Waals surface area contributed by atoms with Crippen molar-refractivity contribution in [3.63, 3.8) is 0 Å². The standard InChI is InChI=1S/C15H14ClFN2O2/c1-7-13(9(3)20)8(2)18-14(7)15(21)19-12-6-10(16)4-5-11(12)17/h4-6,18H,1-3H3,(H,19,21). The smallest absolute Gasteiger partial charge is 0.272 e. The van der Waals surface area contributed by atoms with Gasteiger partial charge in [0.2, 0.25) is 0 Å². The van der Waals surface area contributed by atoms with Gasteiger partial charge in [-0.3, -0.25) is 9.59 Å². The molecule has 0 aliphatic rings. The van der Waals surface area contributed by atoms with Crippen LogP contribution >= 0.6 is 11.6 Å². The van der Waals surface area contributed by atoms with Crippen molar-refractivity contribution in [3.8, 4) is 0 Å². The van der Waals surface area contributed by atoms with E-state index in [1.54, 1.807) is 13.8 Å². The third-order valence-corrected chi connectivity index (χ3v) is 3.43. The molecule has 0 saturated carbocycles. The number of anilines is 1. The molecule has 0 aliphatic heterocycles. The Kier molecular flexibility index (Phi) is 4.14. The lowest BCUT2D eigenvalue weighted by Gasteiger charge is -2.06. The highest BCUT2D eigenvalue weighted by Gasteiger charge is 2.20. The number of nitrogens with one attached hydrogen (secondary N) is 2. The van der Waals surface area contributed by atoms with E-state index >= 15 is 0 Å². The monoisotopic (exact) mass is 308 g/mol. The van der Waals surface area contributed by atoms with E-state index in [2.05, 4.69) is 10.3 Å². The van der Waals surface area contributed by atoms with E-state index in [0.29, 0.717) is 21.8 Å². The van der Waals surface area contributed by atoms with Gasteiger partial charge in [0, 0.05) is 16.3 Å². The van der Waals surface area contributed by atoms with Crippen LogP contribution in [0.2, 0.25) is 5.02 Å². The fourth-order valence-electron chi connectivity index (χ4n) is 2.28. The minimum absolute atomic E-state index is 0.0106. The highest BCUT2D eigenvalue weighted by Crippen LogP contribution is 2.22. The summed E-state index contributed by atoms with van der Waals surface area (Å²) in [5.41, 5.74) is 1.85. The van der Waals surface area contributed by atoms with Crippen LogP contribution in [0.4, 0.5) is 10.1 Å². The number of aryl methyl sites for hydroxylation is 1. The Labute approximate surface area is 126 Å². The highest BCUT2D eigenvalue weighted by molar-refractivity contribution is 6.31. The maximum absolute atomic E-state index is 13.6. The molecule has 21 heavy (non-hydrogen) atoms. The number of Topliss-reactive ketones (excluding diaryl/α,β-unsaturated/α-hetero) is 1.